The summed E-state index contributed by atoms with van der Waals surface area (Å²) in [4.78, 5) is 17.1. The minimum atomic E-state index is -3.77. The second-order valence-electron chi connectivity index (χ2n) is 11.2. The lowest BCUT2D eigenvalue weighted by Gasteiger charge is -2.39. The molecular formula is C30H31Cl2FN2O5S. The van der Waals surface area contributed by atoms with Crippen LogP contribution in [0.1, 0.15) is 52.4 Å². The van der Waals surface area contributed by atoms with E-state index < -0.39 is 32.9 Å². The zero-order valence-corrected chi connectivity index (χ0v) is 25.2. The Hall–Kier alpha value is -2.53. The molecule has 2 atom stereocenters. The summed E-state index contributed by atoms with van der Waals surface area (Å²) in [6, 6.07) is 12.8. The molecule has 2 aliphatic heterocycles. The van der Waals surface area contributed by atoms with Crippen molar-refractivity contribution in [1.29, 1.82) is 0 Å². The van der Waals surface area contributed by atoms with Crippen LogP contribution in [0, 0.1) is 11.7 Å². The molecule has 2 N–H and O–H groups in total. The fourth-order valence-corrected chi connectivity index (χ4v) is 7.31. The highest BCUT2D eigenvalue weighted by molar-refractivity contribution is 7.90. The molecule has 3 aromatic carbocycles. The van der Waals surface area contributed by atoms with Crippen LogP contribution < -0.4 is 0 Å². The van der Waals surface area contributed by atoms with E-state index >= 15 is 4.39 Å². The van der Waals surface area contributed by atoms with Gasteiger partial charge in [-0.05, 0) is 93.3 Å². The van der Waals surface area contributed by atoms with E-state index in [0.29, 0.717) is 17.9 Å². The van der Waals surface area contributed by atoms with Crippen molar-refractivity contribution in [3.05, 3.63) is 98.3 Å². The van der Waals surface area contributed by atoms with Crippen molar-refractivity contribution < 1.29 is 27.8 Å². The van der Waals surface area contributed by atoms with Crippen LogP contribution in [-0.2, 0) is 27.7 Å². The number of hydrogen-bond acceptors (Lipinski definition) is 6. The largest absolute Gasteiger partial charge is 0.385 e. The third kappa shape index (κ3) is 5.28. The Morgan fingerprint density at radius 2 is 1.66 bits per heavy atom. The quantitative estimate of drug-likeness (QED) is 0.405. The molecule has 1 saturated heterocycles. The first kappa shape index (κ1) is 29.9. The first-order chi connectivity index (χ1) is 19.1. The van der Waals surface area contributed by atoms with Gasteiger partial charge in [0, 0.05) is 21.9 Å². The molecule has 3 aromatic rings. The van der Waals surface area contributed by atoms with Crippen molar-refractivity contribution in [3.63, 3.8) is 0 Å². The Labute approximate surface area is 249 Å². The number of likely N-dealkylation sites (tertiary alicyclic amines) is 1. The lowest BCUT2D eigenvalue weighted by Crippen LogP contribution is -2.44. The maximum Gasteiger partial charge on any atom is 0.257 e. The lowest BCUT2D eigenvalue weighted by atomic mass is 9.76. The second kappa shape index (κ2) is 10.6. The molecule has 2 unspecified atom stereocenters. The molecule has 0 saturated carbocycles. The normalized spacial score (nSPS) is 21.7. The van der Waals surface area contributed by atoms with Crippen LogP contribution in [0.25, 0.3) is 0 Å². The number of amides is 1. The van der Waals surface area contributed by atoms with Crippen LogP contribution in [0.15, 0.2) is 59.5 Å². The third-order valence-electron chi connectivity index (χ3n) is 8.41. The van der Waals surface area contributed by atoms with Crippen LogP contribution in [-0.4, -0.2) is 60.7 Å². The van der Waals surface area contributed by atoms with Crippen molar-refractivity contribution in [2.75, 3.05) is 26.4 Å². The number of carbonyl (C=O) groups is 1. The van der Waals surface area contributed by atoms with E-state index in [1.807, 2.05) is 7.05 Å². The van der Waals surface area contributed by atoms with Crippen molar-refractivity contribution in [2.45, 2.75) is 42.5 Å². The molecule has 2 aliphatic rings. The molecule has 5 rings (SSSR count). The highest BCUT2D eigenvalue weighted by Crippen LogP contribution is 2.47. The predicted octanol–water partition coefficient (Wildman–Crippen LogP) is 4.93. The number of piperidine rings is 1. The predicted molar refractivity (Wildman–Crippen MR) is 155 cm³/mol. The summed E-state index contributed by atoms with van der Waals surface area (Å²) in [5.41, 5.74) is -3.51. The monoisotopic (exact) mass is 620 g/mol. The molecular weight excluding hydrogens is 590 g/mol. The SMILES string of the molecule is CN1CCC(C(C)(O)c2cc(F)c3c(c2)C(=O)N(Cc2ccc(Cl)cc2S(C)(=O)=O)C3(O)c2ccc(Cl)cc2)CC1. The number of halogens is 3. The van der Waals surface area contributed by atoms with Gasteiger partial charge in [0.25, 0.3) is 5.91 Å². The summed E-state index contributed by atoms with van der Waals surface area (Å²) in [5, 5.41) is 24.4. The molecule has 2 heterocycles. The van der Waals surface area contributed by atoms with E-state index in [9.17, 15) is 23.4 Å². The average Bonchev–Trinajstić information content (AvgIpc) is 3.12. The van der Waals surface area contributed by atoms with Gasteiger partial charge in [0.1, 0.15) is 5.82 Å². The molecule has 0 spiro atoms. The Morgan fingerprint density at radius 1 is 1.05 bits per heavy atom. The lowest BCUT2D eigenvalue weighted by molar-refractivity contribution is -0.0566. The number of carbonyl (C=O) groups excluding carboxylic acids is 1. The smallest absolute Gasteiger partial charge is 0.257 e. The van der Waals surface area contributed by atoms with Gasteiger partial charge in [-0.25, -0.2) is 12.8 Å². The van der Waals surface area contributed by atoms with Gasteiger partial charge >= 0.3 is 0 Å². The number of rotatable bonds is 6. The molecule has 218 valence electrons. The van der Waals surface area contributed by atoms with Crippen molar-refractivity contribution >= 4 is 38.9 Å². The molecule has 41 heavy (non-hydrogen) atoms. The Bertz CT molecular complexity index is 1620. The Kier molecular flexibility index (Phi) is 7.76. The summed E-state index contributed by atoms with van der Waals surface area (Å²) in [6.45, 7) is 2.81. The summed E-state index contributed by atoms with van der Waals surface area (Å²) in [7, 11) is -1.77. The summed E-state index contributed by atoms with van der Waals surface area (Å²) >= 11 is 12.2. The number of hydrogen-bond donors (Lipinski definition) is 2. The van der Waals surface area contributed by atoms with Crippen molar-refractivity contribution in [1.82, 2.24) is 9.80 Å². The third-order valence-corrected chi connectivity index (χ3v) is 10.1. The number of fused-ring (bicyclic) bond motifs is 1. The summed E-state index contributed by atoms with van der Waals surface area (Å²) < 4.78 is 41.4. The van der Waals surface area contributed by atoms with Crippen LogP contribution in [0.3, 0.4) is 0 Å². The molecule has 1 amide bonds. The average molecular weight is 622 g/mol. The number of sulfone groups is 1. The minimum Gasteiger partial charge on any atom is -0.385 e. The van der Waals surface area contributed by atoms with Crippen LogP contribution in [0.2, 0.25) is 10.0 Å². The number of nitrogens with zero attached hydrogens (tertiary/aromatic N) is 2. The fraction of sp³-hybridized carbons (Fsp3) is 0.367. The maximum atomic E-state index is 16.2. The first-order valence-electron chi connectivity index (χ1n) is 13.2. The molecule has 0 aromatic heterocycles. The second-order valence-corrected chi connectivity index (χ2v) is 14.1. The van der Waals surface area contributed by atoms with E-state index in [2.05, 4.69) is 4.90 Å². The van der Waals surface area contributed by atoms with E-state index in [1.54, 1.807) is 6.92 Å². The standard InChI is InChI=1S/C30H31Cl2FN2O5S/c1-29(37,19-10-12-34(2)13-11-19)21-14-24-27(25(33)15-21)30(38,20-5-8-22(31)9-6-20)35(28(24)36)17-18-4-7-23(32)16-26(18)41(3,39)40/h4-9,14-16,19,37-38H,10-13,17H2,1-3H3. The van der Waals surface area contributed by atoms with Gasteiger partial charge < -0.3 is 15.1 Å². The first-order valence-corrected chi connectivity index (χ1v) is 15.8. The number of benzene rings is 3. The highest BCUT2D eigenvalue weighted by Gasteiger charge is 2.53. The fourth-order valence-electron chi connectivity index (χ4n) is 6.00. The Balaban J connectivity index is 1.67. The van der Waals surface area contributed by atoms with Crippen molar-refractivity contribution in [2.24, 2.45) is 5.92 Å². The highest BCUT2D eigenvalue weighted by atomic mass is 35.5. The molecule has 1 fully saturated rings. The van der Waals surface area contributed by atoms with Crippen molar-refractivity contribution in [3.8, 4) is 0 Å². The van der Waals surface area contributed by atoms with Gasteiger partial charge in [-0.2, -0.15) is 0 Å². The molecule has 0 radical (unpaired) electrons. The van der Waals surface area contributed by atoms with Gasteiger partial charge in [0.15, 0.2) is 15.6 Å². The van der Waals surface area contributed by atoms with E-state index in [-0.39, 0.29) is 50.2 Å². The van der Waals surface area contributed by atoms with Gasteiger partial charge in [-0.3, -0.25) is 9.69 Å². The van der Waals surface area contributed by atoms with Gasteiger partial charge in [-0.15, -0.1) is 0 Å². The molecule has 11 heteroatoms. The zero-order chi connectivity index (χ0) is 29.9. The number of aliphatic hydroxyl groups is 2. The van der Waals surface area contributed by atoms with Gasteiger partial charge in [0.2, 0.25) is 0 Å². The summed E-state index contributed by atoms with van der Waals surface area (Å²) in [6.07, 6.45) is 2.41. The molecule has 0 aliphatic carbocycles. The van der Waals surface area contributed by atoms with Gasteiger partial charge in [-0.1, -0.05) is 41.4 Å². The molecule has 0 bridgehead atoms. The molecule has 7 nitrogen and oxygen atoms in total. The van der Waals surface area contributed by atoms with E-state index in [0.717, 1.165) is 24.2 Å². The minimum absolute atomic E-state index is 0.111. The zero-order valence-electron chi connectivity index (χ0n) is 22.9. The Morgan fingerprint density at radius 3 is 2.27 bits per heavy atom. The summed E-state index contributed by atoms with van der Waals surface area (Å²) in [5.74, 6) is -1.74. The van der Waals surface area contributed by atoms with E-state index in [4.69, 9.17) is 23.2 Å². The van der Waals surface area contributed by atoms with E-state index in [1.165, 1.54) is 54.6 Å². The van der Waals surface area contributed by atoms with Crippen LogP contribution in [0.4, 0.5) is 4.39 Å². The topological polar surface area (TPSA) is 98.2 Å². The van der Waals surface area contributed by atoms with Gasteiger partial charge in [0.05, 0.1) is 28.2 Å². The van der Waals surface area contributed by atoms with Crippen LogP contribution >= 0.6 is 23.2 Å². The maximum absolute atomic E-state index is 16.2. The van der Waals surface area contributed by atoms with Crippen LogP contribution in [0.5, 0.6) is 0 Å².